The molecule has 3 heterocycles. The van der Waals surface area contributed by atoms with E-state index < -0.39 is 12.2 Å². The standard InChI is InChI=1S/C17H26N2O4S/c1-11-4-6-19(7-5-11)15-12(23-13(10-20)16(15)21)9-18-17(22)14-3-2-8-24-14/h2-3,8,11-13,15-16,20-21H,4-7,9-10H2,1H3,(H,18,22)/t12-,13+,15+,16-/m1/s1. The van der Waals surface area contributed by atoms with E-state index in [1.807, 2.05) is 11.4 Å². The van der Waals surface area contributed by atoms with Gasteiger partial charge in [0.15, 0.2) is 0 Å². The normalized spacial score (nSPS) is 32.1. The van der Waals surface area contributed by atoms with E-state index in [0.717, 1.165) is 25.9 Å². The first-order chi connectivity index (χ1) is 11.6. The number of carbonyl (C=O) groups excluding carboxylic acids is 1. The predicted octanol–water partition coefficient (Wildman–Crippen LogP) is 0.699. The van der Waals surface area contributed by atoms with E-state index in [2.05, 4.69) is 17.1 Å². The van der Waals surface area contributed by atoms with Crippen LogP contribution in [0.5, 0.6) is 0 Å². The molecule has 0 saturated carbocycles. The third-order valence-corrected chi connectivity index (χ3v) is 5.96. The Morgan fingerprint density at radius 1 is 1.42 bits per heavy atom. The zero-order chi connectivity index (χ0) is 17.1. The summed E-state index contributed by atoms with van der Waals surface area (Å²) in [5, 5.41) is 24.8. The first kappa shape index (κ1) is 17.8. The van der Waals surface area contributed by atoms with Gasteiger partial charge in [0.2, 0.25) is 0 Å². The molecule has 0 radical (unpaired) electrons. The molecule has 0 aromatic carbocycles. The van der Waals surface area contributed by atoms with E-state index in [4.69, 9.17) is 4.74 Å². The van der Waals surface area contributed by atoms with E-state index in [9.17, 15) is 15.0 Å². The Hall–Kier alpha value is -0.990. The second-order valence-corrected chi connectivity index (χ2v) is 7.73. The van der Waals surface area contributed by atoms with Gasteiger partial charge >= 0.3 is 0 Å². The average molecular weight is 354 g/mol. The number of piperidine rings is 1. The summed E-state index contributed by atoms with van der Waals surface area (Å²) in [6.07, 6.45) is 0.572. The minimum atomic E-state index is -0.730. The van der Waals surface area contributed by atoms with Gasteiger partial charge in [0, 0.05) is 6.54 Å². The number of likely N-dealkylation sites (tertiary alicyclic amines) is 1. The van der Waals surface area contributed by atoms with Crippen LogP contribution in [0.1, 0.15) is 29.4 Å². The molecule has 0 unspecified atom stereocenters. The SMILES string of the molecule is CC1CCN([C@@H]2[C@H](O)[C@H](CO)O[C@@H]2CNC(=O)c2cccs2)CC1. The van der Waals surface area contributed by atoms with Crippen LogP contribution < -0.4 is 5.32 Å². The summed E-state index contributed by atoms with van der Waals surface area (Å²) in [5.41, 5.74) is 0. The molecule has 0 bridgehead atoms. The van der Waals surface area contributed by atoms with Gasteiger partial charge in [-0.25, -0.2) is 0 Å². The lowest BCUT2D eigenvalue weighted by molar-refractivity contribution is -0.0209. The highest BCUT2D eigenvalue weighted by Crippen LogP contribution is 2.29. The first-order valence-electron chi connectivity index (χ1n) is 8.60. The van der Waals surface area contributed by atoms with Crippen molar-refractivity contribution in [1.82, 2.24) is 10.2 Å². The van der Waals surface area contributed by atoms with Crippen LogP contribution in [-0.4, -0.2) is 71.6 Å². The van der Waals surface area contributed by atoms with E-state index in [1.54, 1.807) is 6.07 Å². The molecule has 134 valence electrons. The number of nitrogens with one attached hydrogen (secondary N) is 1. The molecule has 2 aliphatic heterocycles. The third kappa shape index (κ3) is 3.81. The Bertz CT molecular complexity index is 531. The largest absolute Gasteiger partial charge is 0.394 e. The van der Waals surface area contributed by atoms with Crippen LogP contribution in [0, 0.1) is 5.92 Å². The molecule has 2 fully saturated rings. The molecule has 2 aliphatic rings. The molecular formula is C17H26N2O4S. The van der Waals surface area contributed by atoms with Crippen LogP contribution in [0.4, 0.5) is 0 Å². The van der Waals surface area contributed by atoms with Crippen LogP contribution >= 0.6 is 11.3 Å². The molecule has 3 rings (SSSR count). The van der Waals surface area contributed by atoms with E-state index >= 15 is 0 Å². The van der Waals surface area contributed by atoms with E-state index in [0.29, 0.717) is 17.3 Å². The highest BCUT2D eigenvalue weighted by Gasteiger charge is 2.46. The quantitative estimate of drug-likeness (QED) is 0.725. The maximum Gasteiger partial charge on any atom is 0.261 e. The summed E-state index contributed by atoms with van der Waals surface area (Å²) in [7, 11) is 0. The fourth-order valence-electron chi connectivity index (χ4n) is 3.61. The Kier molecular flexibility index (Phi) is 5.89. The highest BCUT2D eigenvalue weighted by atomic mass is 32.1. The van der Waals surface area contributed by atoms with Crippen LogP contribution in [0.15, 0.2) is 17.5 Å². The number of nitrogens with zero attached hydrogens (tertiary/aromatic N) is 1. The molecule has 0 aliphatic carbocycles. The summed E-state index contributed by atoms with van der Waals surface area (Å²) in [6.45, 7) is 4.20. The number of amides is 1. The molecule has 1 aromatic rings. The molecular weight excluding hydrogens is 328 g/mol. The van der Waals surface area contributed by atoms with E-state index in [1.165, 1.54) is 11.3 Å². The zero-order valence-corrected chi connectivity index (χ0v) is 14.7. The number of thiophene rings is 1. The Labute approximate surface area is 146 Å². The molecule has 3 N–H and O–H groups in total. The van der Waals surface area contributed by atoms with Gasteiger partial charge in [-0.05, 0) is 43.3 Å². The molecule has 7 heteroatoms. The molecule has 6 nitrogen and oxygen atoms in total. The van der Waals surface area contributed by atoms with Crippen molar-refractivity contribution in [2.24, 2.45) is 5.92 Å². The van der Waals surface area contributed by atoms with Crippen LogP contribution in [0.25, 0.3) is 0 Å². The van der Waals surface area contributed by atoms with Crippen molar-refractivity contribution >= 4 is 17.2 Å². The highest BCUT2D eigenvalue weighted by molar-refractivity contribution is 7.12. The summed E-state index contributed by atoms with van der Waals surface area (Å²) in [5.74, 6) is 0.577. The number of aliphatic hydroxyl groups excluding tert-OH is 2. The van der Waals surface area contributed by atoms with Gasteiger partial charge < -0.3 is 20.3 Å². The molecule has 4 atom stereocenters. The Morgan fingerprint density at radius 3 is 2.79 bits per heavy atom. The summed E-state index contributed by atoms with van der Waals surface area (Å²) < 4.78 is 5.83. The fraction of sp³-hybridized carbons (Fsp3) is 0.706. The third-order valence-electron chi connectivity index (χ3n) is 5.09. The molecule has 1 aromatic heterocycles. The van der Waals surface area contributed by atoms with Gasteiger partial charge in [-0.2, -0.15) is 0 Å². The second kappa shape index (κ2) is 7.93. The lowest BCUT2D eigenvalue weighted by Crippen LogP contribution is -2.53. The Balaban J connectivity index is 1.63. The van der Waals surface area contributed by atoms with Crippen molar-refractivity contribution < 1.29 is 19.7 Å². The zero-order valence-electron chi connectivity index (χ0n) is 13.9. The van der Waals surface area contributed by atoms with Crippen molar-refractivity contribution in [2.45, 2.75) is 44.1 Å². The summed E-state index contributed by atoms with van der Waals surface area (Å²) >= 11 is 1.40. The van der Waals surface area contributed by atoms with Crippen molar-refractivity contribution in [3.05, 3.63) is 22.4 Å². The van der Waals surface area contributed by atoms with Crippen LogP contribution in [0.2, 0.25) is 0 Å². The van der Waals surface area contributed by atoms with Crippen molar-refractivity contribution in [3.63, 3.8) is 0 Å². The first-order valence-corrected chi connectivity index (χ1v) is 9.48. The topological polar surface area (TPSA) is 82.0 Å². The monoisotopic (exact) mass is 354 g/mol. The smallest absolute Gasteiger partial charge is 0.261 e. The molecule has 1 amide bonds. The summed E-state index contributed by atoms with van der Waals surface area (Å²) in [4.78, 5) is 15.1. The van der Waals surface area contributed by atoms with Gasteiger partial charge in [-0.3, -0.25) is 9.69 Å². The number of carbonyl (C=O) groups is 1. The van der Waals surface area contributed by atoms with E-state index in [-0.39, 0.29) is 24.7 Å². The van der Waals surface area contributed by atoms with Gasteiger partial charge in [-0.15, -0.1) is 11.3 Å². The predicted molar refractivity (Wildman–Crippen MR) is 92.2 cm³/mol. The molecule has 24 heavy (non-hydrogen) atoms. The fourth-order valence-corrected chi connectivity index (χ4v) is 4.25. The van der Waals surface area contributed by atoms with Crippen molar-refractivity contribution in [2.75, 3.05) is 26.2 Å². The Morgan fingerprint density at radius 2 is 2.17 bits per heavy atom. The lowest BCUT2D eigenvalue weighted by Gasteiger charge is -2.38. The number of ether oxygens (including phenoxy) is 1. The lowest BCUT2D eigenvalue weighted by atomic mass is 9.94. The number of hydrogen-bond acceptors (Lipinski definition) is 6. The van der Waals surface area contributed by atoms with Gasteiger partial charge in [0.25, 0.3) is 5.91 Å². The maximum atomic E-state index is 12.1. The minimum absolute atomic E-state index is 0.124. The van der Waals surface area contributed by atoms with Crippen LogP contribution in [-0.2, 0) is 4.74 Å². The van der Waals surface area contributed by atoms with Crippen molar-refractivity contribution in [1.29, 1.82) is 0 Å². The minimum Gasteiger partial charge on any atom is -0.394 e. The van der Waals surface area contributed by atoms with Gasteiger partial charge in [0.05, 0.1) is 23.6 Å². The summed E-state index contributed by atoms with van der Waals surface area (Å²) in [6, 6.07) is 3.44. The number of aliphatic hydroxyl groups is 2. The average Bonchev–Trinajstić information content (AvgIpc) is 3.22. The molecule has 0 spiro atoms. The van der Waals surface area contributed by atoms with Crippen LogP contribution in [0.3, 0.4) is 0 Å². The number of hydrogen-bond donors (Lipinski definition) is 3. The second-order valence-electron chi connectivity index (χ2n) is 6.78. The maximum absolute atomic E-state index is 12.1. The van der Waals surface area contributed by atoms with Gasteiger partial charge in [-0.1, -0.05) is 13.0 Å². The van der Waals surface area contributed by atoms with Crippen molar-refractivity contribution in [3.8, 4) is 0 Å². The number of rotatable bonds is 5. The van der Waals surface area contributed by atoms with Gasteiger partial charge in [0.1, 0.15) is 12.2 Å². The molecule has 2 saturated heterocycles.